The van der Waals surface area contributed by atoms with Crippen LogP contribution in [0.25, 0.3) is 28.0 Å². The molecule has 12 heteroatoms. The summed E-state index contributed by atoms with van der Waals surface area (Å²) >= 11 is 0. The number of phenols is 1. The van der Waals surface area contributed by atoms with Gasteiger partial charge in [-0.1, -0.05) is 30.3 Å². The number of aromatic nitrogens is 3. The number of anilines is 2. The predicted molar refractivity (Wildman–Crippen MR) is 212 cm³/mol. The number of urea groups is 1. The van der Waals surface area contributed by atoms with Gasteiger partial charge in [0.05, 0.1) is 11.2 Å². The van der Waals surface area contributed by atoms with E-state index < -0.39 is 0 Å². The second-order valence-corrected chi connectivity index (χ2v) is 15.4. The zero-order valence-corrected chi connectivity index (χ0v) is 31.1. The van der Waals surface area contributed by atoms with Crippen LogP contribution in [0.2, 0.25) is 0 Å². The Balaban J connectivity index is 0.791. The highest BCUT2D eigenvalue weighted by atomic mass is 16.3. The first-order valence-electron chi connectivity index (χ1n) is 19.5. The quantitative estimate of drug-likeness (QED) is 0.208. The molecule has 0 aliphatic carbocycles. The number of nitrogens with zero attached hydrogens (tertiary/aromatic N) is 7. The molecule has 1 unspecified atom stereocenters. The lowest BCUT2D eigenvalue weighted by Gasteiger charge is -2.41. The number of para-hydroxylation sites is 1. The van der Waals surface area contributed by atoms with Crippen LogP contribution in [-0.4, -0.2) is 99.4 Å². The third kappa shape index (κ3) is 6.53. The summed E-state index contributed by atoms with van der Waals surface area (Å²) in [5, 5.41) is 21.6. The van der Waals surface area contributed by atoms with Gasteiger partial charge in [0.1, 0.15) is 17.3 Å². The lowest BCUT2D eigenvalue weighted by molar-refractivity contribution is -0.134. The molecular weight excluding hydrogens is 693 g/mol. The second-order valence-electron chi connectivity index (χ2n) is 15.4. The molecule has 282 valence electrons. The Morgan fingerprint density at radius 3 is 2.35 bits per heavy atom. The van der Waals surface area contributed by atoms with Crippen molar-refractivity contribution in [3.05, 3.63) is 96.2 Å². The minimum Gasteiger partial charge on any atom is -0.507 e. The first-order chi connectivity index (χ1) is 26.8. The molecule has 4 aliphatic rings. The molecule has 0 bridgehead atoms. The fraction of sp³-hybridized carbons (Fsp3) is 0.372. The highest BCUT2D eigenvalue weighted by Gasteiger charge is 2.37. The first kappa shape index (κ1) is 34.8. The van der Waals surface area contributed by atoms with Crippen LogP contribution in [0.4, 0.5) is 16.2 Å². The monoisotopic (exact) mass is 738 g/mol. The molecule has 0 radical (unpaired) electrons. The molecule has 2 aromatic heterocycles. The topological polar surface area (TPSA) is 127 Å². The fourth-order valence-electron chi connectivity index (χ4n) is 9.20. The number of nitrogens with one attached hydrogen (secondary N) is 1. The average molecular weight is 739 g/mol. The van der Waals surface area contributed by atoms with E-state index in [2.05, 4.69) is 72.3 Å². The summed E-state index contributed by atoms with van der Waals surface area (Å²) in [6.45, 7) is 4.01. The number of carbonyl (C=O) groups is 3. The maximum absolute atomic E-state index is 13.7. The van der Waals surface area contributed by atoms with E-state index in [-0.39, 0.29) is 35.7 Å². The van der Waals surface area contributed by atoms with Crippen LogP contribution in [-0.2, 0) is 16.0 Å². The van der Waals surface area contributed by atoms with Crippen LogP contribution in [0.5, 0.6) is 5.75 Å². The highest BCUT2D eigenvalue weighted by Crippen LogP contribution is 2.39. The fourth-order valence-corrected chi connectivity index (χ4v) is 9.20. The van der Waals surface area contributed by atoms with Gasteiger partial charge in [0.15, 0.2) is 0 Å². The summed E-state index contributed by atoms with van der Waals surface area (Å²) < 4.78 is 2.10. The van der Waals surface area contributed by atoms with Gasteiger partial charge in [-0.05, 0) is 98.5 Å². The maximum Gasteiger partial charge on any atom is 0.319 e. The Morgan fingerprint density at radius 2 is 1.58 bits per heavy atom. The Labute approximate surface area is 320 Å². The van der Waals surface area contributed by atoms with Crippen molar-refractivity contribution in [3.8, 4) is 22.7 Å². The number of aromatic hydroxyl groups is 1. The predicted octanol–water partition coefficient (Wildman–Crippen LogP) is 5.86. The van der Waals surface area contributed by atoms with Crippen LogP contribution in [0.1, 0.15) is 55.6 Å². The third-order valence-electron chi connectivity index (χ3n) is 12.3. The van der Waals surface area contributed by atoms with Gasteiger partial charge >= 0.3 is 6.03 Å². The smallest absolute Gasteiger partial charge is 0.319 e. The summed E-state index contributed by atoms with van der Waals surface area (Å²) in [7, 11) is 1.97. The van der Waals surface area contributed by atoms with Crippen molar-refractivity contribution in [2.75, 3.05) is 49.6 Å². The van der Waals surface area contributed by atoms with Gasteiger partial charge in [-0.3, -0.25) is 14.9 Å². The Morgan fingerprint density at radius 1 is 0.818 bits per heavy atom. The average Bonchev–Trinajstić information content (AvgIpc) is 3.85. The summed E-state index contributed by atoms with van der Waals surface area (Å²) in [6, 6.07) is 26.2. The van der Waals surface area contributed by atoms with Crippen molar-refractivity contribution in [2.24, 2.45) is 0 Å². The van der Waals surface area contributed by atoms with Crippen LogP contribution >= 0.6 is 0 Å². The Kier molecular flexibility index (Phi) is 9.11. The van der Waals surface area contributed by atoms with Gasteiger partial charge in [-0.2, -0.15) is 0 Å². The first-order valence-corrected chi connectivity index (χ1v) is 19.5. The number of fused-ring (bicyclic) bond motifs is 2. The number of phenolic OH excluding ortho intramolecular Hbond substituents is 1. The summed E-state index contributed by atoms with van der Waals surface area (Å²) in [4.78, 5) is 46.7. The molecule has 3 fully saturated rings. The zero-order chi connectivity index (χ0) is 37.6. The molecule has 1 atom stereocenters. The summed E-state index contributed by atoms with van der Waals surface area (Å²) in [5.41, 5.74) is 8.90. The van der Waals surface area contributed by atoms with Crippen LogP contribution in [0.15, 0.2) is 85.1 Å². The number of amides is 4. The van der Waals surface area contributed by atoms with Crippen molar-refractivity contribution in [2.45, 2.75) is 62.9 Å². The lowest BCUT2D eigenvalue weighted by atomic mass is 9.89. The van der Waals surface area contributed by atoms with E-state index in [1.54, 1.807) is 12.1 Å². The van der Waals surface area contributed by atoms with Crippen LogP contribution < -0.4 is 15.1 Å². The van der Waals surface area contributed by atoms with Crippen LogP contribution in [0, 0.1) is 0 Å². The molecule has 6 heterocycles. The number of hydrogen-bond acceptors (Lipinski definition) is 8. The zero-order valence-electron chi connectivity index (χ0n) is 31.1. The van der Waals surface area contributed by atoms with E-state index in [1.807, 2.05) is 47.3 Å². The van der Waals surface area contributed by atoms with E-state index in [4.69, 9.17) is 0 Å². The standard InChI is InChI=1S/C43H46N8O4/c1-47(30-17-23-48(24-18-30)36-6-4-7-37-33(36)19-25-51(37)38-13-14-41(53)44-42(38)54)43(55)49-21-15-29(16-22-49)28-9-11-31(12-10-28)50-26-20-34-39(50)27-35(46-45-34)32-5-2-3-8-40(32)52/h2-12,20,26-27,29-30,38,52H,13-19,21-25H2,1H3,(H,44,53,54). The maximum atomic E-state index is 13.7. The molecule has 5 aromatic rings. The molecular formula is C43H46N8O4. The molecule has 0 spiro atoms. The molecule has 2 N–H and O–H groups in total. The van der Waals surface area contributed by atoms with Crippen molar-refractivity contribution in [1.82, 2.24) is 29.9 Å². The summed E-state index contributed by atoms with van der Waals surface area (Å²) in [5.74, 6) is 0.190. The highest BCUT2D eigenvalue weighted by molar-refractivity contribution is 6.02. The van der Waals surface area contributed by atoms with E-state index in [9.17, 15) is 19.5 Å². The normalized spacial score (nSPS) is 19.5. The van der Waals surface area contributed by atoms with E-state index in [0.29, 0.717) is 30.0 Å². The van der Waals surface area contributed by atoms with Gasteiger partial charge < -0.3 is 29.3 Å². The number of imide groups is 1. The van der Waals surface area contributed by atoms with Gasteiger partial charge in [0.25, 0.3) is 0 Å². The van der Waals surface area contributed by atoms with Gasteiger partial charge in [-0.25, -0.2) is 4.79 Å². The molecule has 3 aromatic carbocycles. The number of rotatable bonds is 6. The van der Waals surface area contributed by atoms with Gasteiger partial charge in [-0.15, -0.1) is 10.2 Å². The van der Waals surface area contributed by atoms with Crippen LogP contribution in [0.3, 0.4) is 0 Å². The number of hydrogen-bond donors (Lipinski definition) is 2. The Bertz CT molecular complexity index is 2250. The lowest BCUT2D eigenvalue weighted by Crippen LogP contribution is -2.52. The number of likely N-dealkylation sites (tertiary alicyclic amines) is 1. The molecule has 4 amide bonds. The summed E-state index contributed by atoms with van der Waals surface area (Å²) in [6.07, 6.45) is 7.49. The minimum absolute atomic E-state index is 0.124. The van der Waals surface area contributed by atoms with E-state index >= 15 is 0 Å². The third-order valence-corrected chi connectivity index (χ3v) is 12.3. The van der Waals surface area contributed by atoms with E-state index in [1.165, 1.54) is 16.8 Å². The van der Waals surface area contributed by atoms with Crippen molar-refractivity contribution in [3.63, 3.8) is 0 Å². The Hall–Kier alpha value is -5.91. The molecule has 9 rings (SSSR count). The largest absolute Gasteiger partial charge is 0.507 e. The van der Waals surface area contributed by atoms with Crippen molar-refractivity contribution < 1.29 is 19.5 Å². The van der Waals surface area contributed by atoms with Gasteiger partial charge in [0.2, 0.25) is 11.8 Å². The number of benzene rings is 3. The SMILES string of the molecule is CN(C(=O)N1CCC(c2ccc(-n3ccc4nnc(-c5ccccc5O)cc43)cc2)CC1)C1CCN(c2cccc3c2CCN3C2CCC(=O)NC2=O)CC1. The van der Waals surface area contributed by atoms with Gasteiger partial charge in [0, 0.05) is 86.6 Å². The van der Waals surface area contributed by atoms with E-state index in [0.717, 1.165) is 87.2 Å². The molecule has 55 heavy (non-hydrogen) atoms. The molecule has 12 nitrogen and oxygen atoms in total. The molecule has 4 aliphatic heterocycles. The van der Waals surface area contributed by atoms with Crippen molar-refractivity contribution in [1.29, 1.82) is 0 Å². The molecule has 0 saturated carbocycles. The number of piperidine rings is 3. The van der Waals surface area contributed by atoms with Crippen molar-refractivity contribution >= 4 is 40.3 Å². The number of carbonyl (C=O) groups excluding carboxylic acids is 3. The second kappa shape index (κ2) is 14.4. The minimum atomic E-state index is -0.301. The molecule has 3 saturated heterocycles.